The van der Waals surface area contributed by atoms with Crippen LogP contribution in [0.3, 0.4) is 0 Å². The molecule has 0 saturated heterocycles. The zero-order valence-corrected chi connectivity index (χ0v) is 15.6. The summed E-state index contributed by atoms with van der Waals surface area (Å²) < 4.78 is 10.5. The van der Waals surface area contributed by atoms with Gasteiger partial charge in [-0.15, -0.1) is 0 Å². The van der Waals surface area contributed by atoms with Gasteiger partial charge in [-0.3, -0.25) is 14.5 Å². The van der Waals surface area contributed by atoms with Crippen LogP contribution in [0.15, 0.2) is 36.4 Å². The third-order valence-corrected chi connectivity index (χ3v) is 3.98. The zero-order chi connectivity index (χ0) is 19.6. The molecule has 1 aromatic rings. The average Bonchev–Trinajstić information content (AvgIpc) is 2.97. The van der Waals surface area contributed by atoms with Crippen LogP contribution in [0.5, 0.6) is 11.5 Å². The van der Waals surface area contributed by atoms with Crippen LogP contribution in [0.2, 0.25) is 0 Å². The van der Waals surface area contributed by atoms with E-state index in [0.717, 1.165) is 18.4 Å². The second-order valence-electron chi connectivity index (χ2n) is 5.95. The van der Waals surface area contributed by atoms with Gasteiger partial charge in [0.25, 0.3) is 11.8 Å². The highest BCUT2D eigenvalue weighted by Crippen LogP contribution is 2.28. The Balaban J connectivity index is 1.67. The first-order chi connectivity index (χ1) is 13.0. The van der Waals surface area contributed by atoms with Gasteiger partial charge in [0, 0.05) is 25.2 Å². The Labute approximate surface area is 158 Å². The zero-order valence-electron chi connectivity index (χ0n) is 15.6. The van der Waals surface area contributed by atoms with Gasteiger partial charge in [0.15, 0.2) is 11.5 Å². The molecule has 1 N–H and O–H groups in total. The van der Waals surface area contributed by atoms with Gasteiger partial charge in [-0.2, -0.15) is 0 Å². The van der Waals surface area contributed by atoms with Gasteiger partial charge < -0.3 is 14.8 Å². The molecule has 2 rings (SSSR count). The molecule has 0 radical (unpaired) electrons. The Hall–Kier alpha value is -3.09. The monoisotopic (exact) mass is 372 g/mol. The third-order valence-electron chi connectivity index (χ3n) is 3.98. The van der Waals surface area contributed by atoms with E-state index in [0.29, 0.717) is 31.0 Å². The summed E-state index contributed by atoms with van der Waals surface area (Å²) in [5, 5.41) is 2.68. The number of unbranched alkanes of at least 4 members (excludes halogenated alkanes) is 2. The maximum absolute atomic E-state index is 11.9. The van der Waals surface area contributed by atoms with Crippen molar-refractivity contribution >= 4 is 24.0 Å². The summed E-state index contributed by atoms with van der Waals surface area (Å²) in [6, 6.07) is 5.31. The molecule has 0 spiro atoms. The third kappa shape index (κ3) is 5.99. The van der Waals surface area contributed by atoms with E-state index in [1.165, 1.54) is 24.2 Å². The number of nitrogens with one attached hydrogen (secondary N) is 1. The van der Waals surface area contributed by atoms with E-state index in [-0.39, 0.29) is 11.8 Å². The fourth-order valence-corrected chi connectivity index (χ4v) is 2.61. The molecule has 0 unspecified atom stereocenters. The van der Waals surface area contributed by atoms with E-state index in [1.807, 2.05) is 25.1 Å². The Morgan fingerprint density at radius 3 is 2.52 bits per heavy atom. The first-order valence-electron chi connectivity index (χ1n) is 8.85. The molecule has 1 aromatic carbocycles. The molecule has 0 fully saturated rings. The molecular weight excluding hydrogens is 348 g/mol. The lowest BCUT2D eigenvalue weighted by Crippen LogP contribution is -2.31. The van der Waals surface area contributed by atoms with Gasteiger partial charge in [0.2, 0.25) is 0 Å². The Morgan fingerprint density at radius 1 is 1.11 bits per heavy atom. The Bertz CT molecular complexity index is 737. The van der Waals surface area contributed by atoms with Crippen LogP contribution < -0.4 is 14.8 Å². The van der Waals surface area contributed by atoms with Gasteiger partial charge in [-0.05, 0) is 43.9 Å². The van der Waals surface area contributed by atoms with Crippen LogP contribution in [0, 0.1) is 0 Å². The van der Waals surface area contributed by atoms with Crippen LogP contribution in [0.25, 0.3) is 6.08 Å². The van der Waals surface area contributed by atoms with Crippen LogP contribution in [0.1, 0.15) is 31.7 Å². The number of ether oxygens (including phenoxy) is 2. The van der Waals surface area contributed by atoms with Crippen molar-refractivity contribution in [2.75, 3.05) is 20.2 Å². The van der Waals surface area contributed by atoms with Crippen molar-refractivity contribution in [3.8, 4) is 11.5 Å². The Morgan fingerprint density at radius 2 is 1.85 bits per heavy atom. The fraction of sp³-hybridized carbons (Fsp3) is 0.350. The molecule has 1 heterocycles. The molecule has 3 amide bonds. The van der Waals surface area contributed by atoms with Crippen molar-refractivity contribution in [1.29, 1.82) is 0 Å². The fourth-order valence-electron chi connectivity index (χ4n) is 2.61. The molecule has 1 aliphatic rings. The van der Waals surface area contributed by atoms with Gasteiger partial charge >= 0.3 is 6.09 Å². The van der Waals surface area contributed by atoms with Gasteiger partial charge in [-0.1, -0.05) is 18.2 Å². The maximum Gasteiger partial charge on any atom is 0.412 e. The minimum atomic E-state index is -0.554. The Kier molecular flexibility index (Phi) is 7.61. The van der Waals surface area contributed by atoms with Crippen LogP contribution in [0.4, 0.5) is 4.79 Å². The van der Waals surface area contributed by atoms with Gasteiger partial charge in [0.05, 0.1) is 7.11 Å². The number of rotatable bonds is 9. The van der Waals surface area contributed by atoms with Crippen molar-refractivity contribution in [2.45, 2.75) is 26.2 Å². The van der Waals surface area contributed by atoms with E-state index in [4.69, 9.17) is 9.47 Å². The van der Waals surface area contributed by atoms with E-state index in [1.54, 1.807) is 12.1 Å². The minimum Gasteiger partial charge on any atom is -0.493 e. The van der Waals surface area contributed by atoms with E-state index in [9.17, 15) is 14.4 Å². The smallest absolute Gasteiger partial charge is 0.412 e. The summed E-state index contributed by atoms with van der Waals surface area (Å²) in [6.07, 6.45) is 8.02. The standard InChI is InChI=1S/C20H24N2O5/c1-3-7-15-8-9-16(17(14-15)26-2)27-20(25)21-12-5-4-6-13-22-18(23)10-11-19(22)24/h3,7-11,14H,4-6,12-13H2,1-2H3,(H,21,25). The summed E-state index contributed by atoms with van der Waals surface area (Å²) in [4.78, 5) is 35.9. The van der Waals surface area contributed by atoms with Crippen molar-refractivity contribution in [2.24, 2.45) is 0 Å². The number of hydrogen-bond donors (Lipinski definition) is 1. The van der Waals surface area contributed by atoms with E-state index in [2.05, 4.69) is 5.32 Å². The second-order valence-corrected chi connectivity index (χ2v) is 5.95. The average molecular weight is 372 g/mol. The van der Waals surface area contributed by atoms with Crippen LogP contribution in [-0.2, 0) is 9.59 Å². The largest absolute Gasteiger partial charge is 0.493 e. The summed E-state index contributed by atoms with van der Waals surface area (Å²) >= 11 is 0. The summed E-state index contributed by atoms with van der Waals surface area (Å²) in [6.45, 7) is 2.75. The number of amides is 3. The number of methoxy groups -OCH3 is 1. The number of carbonyl (C=O) groups is 3. The molecule has 7 heteroatoms. The van der Waals surface area contributed by atoms with Gasteiger partial charge in [0.1, 0.15) is 0 Å². The van der Waals surface area contributed by atoms with Crippen molar-refractivity contribution in [1.82, 2.24) is 10.2 Å². The van der Waals surface area contributed by atoms with E-state index >= 15 is 0 Å². The van der Waals surface area contributed by atoms with E-state index < -0.39 is 6.09 Å². The molecule has 7 nitrogen and oxygen atoms in total. The van der Waals surface area contributed by atoms with Gasteiger partial charge in [-0.25, -0.2) is 4.79 Å². The molecule has 27 heavy (non-hydrogen) atoms. The van der Waals surface area contributed by atoms with Crippen LogP contribution in [-0.4, -0.2) is 43.0 Å². The molecule has 0 aromatic heterocycles. The highest BCUT2D eigenvalue weighted by Gasteiger charge is 2.22. The number of allylic oxidation sites excluding steroid dienone is 1. The predicted molar refractivity (Wildman–Crippen MR) is 101 cm³/mol. The normalized spacial score (nSPS) is 13.5. The number of imide groups is 1. The number of nitrogens with zero attached hydrogens (tertiary/aromatic N) is 1. The molecule has 0 atom stereocenters. The first-order valence-corrected chi connectivity index (χ1v) is 8.85. The van der Waals surface area contributed by atoms with Crippen LogP contribution >= 0.6 is 0 Å². The molecule has 0 saturated carbocycles. The summed E-state index contributed by atoms with van der Waals surface area (Å²) in [5.74, 6) is 0.295. The number of benzene rings is 1. The number of hydrogen-bond acceptors (Lipinski definition) is 5. The SMILES string of the molecule is CC=Cc1ccc(OC(=O)NCCCCCN2C(=O)C=CC2=O)c(OC)c1. The lowest BCUT2D eigenvalue weighted by molar-refractivity contribution is -0.136. The molecular formula is C20H24N2O5. The highest BCUT2D eigenvalue weighted by atomic mass is 16.6. The molecule has 0 aliphatic carbocycles. The first kappa shape index (κ1) is 20.2. The quantitative estimate of drug-likeness (QED) is 0.532. The molecule has 1 aliphatic heterocycles. The number of carbonyl (C=O) groups excluding carboxylic acids is 3. The van der Waals surface area contributed by atoms with Crippen molar-refractivity contribution < 1.29 is 23.9 Å². The lowest BCUT2D eigenvalue weighted by atomic mass is 10.2. The lowest BCUT2D eigenvalue weighted by Gasteiger charge is -2.13. The molecule has 0 bridgehead atoms. The summed E-state index contributed by atoms with van der Waals surface area (Å²) in [7, 11) is 1.52. The topological polar surface area (TPSA) is 84.9 Å². The van der Waals surface area contributed by atoms with Crippen molar-refractivity contribution in [3.05, 3.63) is 42.0 Å². The minimum absolute atomic E-state index is 0.268. The second kappa shape index (κ2) is 10.2. The maximum atomic E-state index is 11.9. The summed E-state index contributed by atoms with van der Waals surface area (Å²) in [5.41, 5.74) is 0.951. The van der Waals surface area contributed by atoms with Crippen molar-refractivity contribution in [3.63, 3.8) is 0 Å². The predicted octanol–water partition coefficient (Wildman–Crippen LogP) is 2.91. The molecule has 144 valence electrons. The highest BCUT2D eigenvalue weighted by molar-refractivity contribution is 6.12.